The Morgan fingerprint density at radius 3 is 2.84 bits per heavy atom. The number of halogens is 1. The molecule has 1 aromatic rings. The number of nitrogens with zero attached hydrogens (tertiary/aromatic N) is 3. The first-order valence-corrected chi connectivity index (χ1v) is 9.02. The van der Waals surface area contributed by atoms with Gasteiger partial charge in [0.15, 0.2) is 0 Å². The zero-order valence-corrected chi connectivity index (χ0v) is 16.5. The Bertz CT molecular complexity index is 594. The van der Waals surface area contributed by atoms with Gasteiger partial charge >= 0.3 is 6.09 Å². The molecule has 1 aliphatic rings. The molecule has 0 unspecified atom stereocenters. The summed E-state index contributed by atoms with van der Waals surface area (Å²) in [5.41, 5.74) is 0. The molecule has 1 saturated heterocycles. The van der Waals surface area contributed by atoms with Gasteiger partial charge in [-0.2, -0.15) is 0 Å². The van der Waals surface area contributed by atoms with Crippen LogP contribution in [0.1, 0.15) is 32.1 Å². The quantitative estimate of drug-likeness (QED) is 0.686. The molecule has 1 aromatic heterocycles. The van der Waals surface area contributed by atoms with Gasteiger partial charge in [-0.1, -0.05) is 13.8 Å². The van der Waals surface area contributed by atoms with Gasteiger partial charge in [-0.15, -0.1) is 5.06 Å². The lowest BCUT2D eigenvalue weighted by atomic mass is 10.1. The number of carbonyl (C=O) groups excluding carboxylic acids is 2. The van der Waals surface area contributed by atoms with E-state index in [-0.39, 0.29) is 17.9 Å². The molecule has 0 aromatic carbocycles. The van der Waals surface area contributed by atoms with Crippen LogP contribution in [0.2, 0.25) is 0 Å². The molecule has 3 atom stereocenters. The molecule has 1 N–H and O–H groups in total. The summed E-state index contributed by atoms with van der Waals surface area (Å²) in [6, 6.07) is -0.710. The Kier molecular flexibility index (Phi) is 6.97. The highest BCUT2D eigenvalue weighted by Crippen LogP contribution is 2.35. The summed E-state index contributed by atoms with van der Waals surface area (Å²) < 4.78 is 6.00. The van der Waals surface area contributed by atoms with E-state index in [1.165, 1.54) is 4.90 Å². The van der Waals surface area contributed by atoms with Crippen LogP contribution in [-0.4, -0.2) is 65.7 Å². The van der Waals surface area contributed by atoms with Crippen LogP contribution >= 0.6 is 15.9 Å². The second-order valence-corrected chi connectivity index (χ2v) is 7.48. The van der Waals surface area contributed by atoms with Crippen molar-refractivity contribution in [3.63, 3.8) is 0 Å². The fourth-order valence-electron chi connectivity index (χ4n) is 3.06. The van der Waals surface area contributed by atoms with Gasteiger partial charge < -0.3 is 19.4 Å². The molecule has 9 heteroatoms. The minimum Gasteiger partial charge on any atom is -0.384 e. The number of aldehydes is 1. The maximum absolute atomic E-state index is 12.5. The van der Waals surface area contributed by atoms with Crippen LogP contribution < -0.4 is 0 Å². The fourth-order valence-corrected chi connectivity index (χ4v) is 3.36. The average Bonchev–Trinajstić information content (AvgIpc) is 3.14. The summed E-state index contributed by atoms with van der Waals surface area (Å²) in [6.07, 6.45) is 2.64. The van der Waals surface area contributed by atoms with E-state index in [0.717, 1.165) is 23.1 Å². The van der Waals surface area contributed by atoms with Gasteiger partial charge in [0.25, 0.3) is 0 Å². The van der Waals surface area contributed by atoms with E-state index in [1.807, 2.05) is 13.8 Å². The molecule has 0 spiro atoms. The van der Waals surface area contributed by atoms with Crippen molar-refractivity contribution >= 4 is 28.3 Å². The monoisotopic (exact) mass is 416 g/mol. The van der Waals surface area contributed by atoms with Crippen LogP contribution in [0.4, 0.5) is 4.79 Å². The maximum Gasteiger partial charge on any atom is 0.429 e. The van der Waals surface area contributed by atoms with Crippen LogP contribution in [-0.2, 0) is 14.4 Å². The van der Waals surface area contributed by atoms with Crippen molar-refractivity contribution in [2.24, 2.45) is 11.8 Å². The number of carbonyl (C=O) groups is 2. The van der Waals surface area contributed by atoms with E-state index >= 15 is 0 Å². The molecule has 0 radical (unpaired) electrons. The Morgan fingerprint density at radius 2 is 2.32 bits per heavy atom. The zero-order chi connectivity index (χ0) is 18.6. The molecule has 1 aliphatic heterocycles. The van der Waals surface area contributed by atoms with E-state index in [1.54, 1.807) is 25.4 Å². The van der Waals surface area contributed by atoms with Gasteiger partial charge in [-0.25, -0.2) is 9.78 Å². The van der Waals surface area contributed by atoms with E-state index in [2.05, 4.69) is 25.9 Å². The number of amides is 1. The minimum atomic E-state index is -0.556. The number of H-pyrrole nitrogens is 1. The predicted octanol–water partition coefficient (Wildman–Crippen LogP) is 2.39. The van der Waals surface area contributed by atoms with E-state index in [9.17, 15) is 9.59 Å². The molecule has 1 fully saturated rings. The number of hydrogen-bond donors (Lipinski definition) is 1. The number of rotatable bonds is 7. The van der Waals surface area contributed by atoms with Crippen LogP contribution in [0.15, 0.2) is 10.8 Å². The average molecular weight is 417 g/mol. The largest absolute Gasteiger partial charge is 0.429 e. The lowest BCUT2D eigenvalue weighted by Gasteiger charge is -2.29. The van der Waals surface area contributed by atoms with Gasteiger partial charge in [-0.05, 0) is 28.3 Å². The van der Waals surface area contributed by atoms with Gasteiger partial charge in [0.2, 0.25) is 0 Å². The topological polar surface area (TPSA) is 87.8 Å². The van der Waals surface area contributed by atoms with Gasteiger partial charge in [0, 0.05) is 26.6 Å². The number of nitrogens with one attached hydrogen (secondary N) is 1. The standard InChI is InChI=1S/C16H25BrN4O4/c1-10(2)13(8-22)20(3)16(23)25-21-7-11(9-24-4)5-12(21)15-18-6-14(17)19-15/h6,8,10-13H,5,7,9H2,1-4H3,(H,18,19)/t11-,12-,13+/m0/s1. The number of hydrogen-bond acceptors (Lipinski definition) is 6. The number of hydroxylamine groups is 2. The van der Waals surface area contributed by atoms with Crippen LogP contribution in [0, 0.1) is 11.8 Å². The second-order valence-electron chi connectivity index (χ2n) is 6.63. The number of aromatic nitrogens is 2. The summed E-state index contributed by atoms with van der Waals surface area (Å²) in [4.78, 5) is 38.1. The SMILES string of the molecule is COC[C@H]1C[C@@H](c2ncc(Br)[nH]2)N(OC(=O)N(C)[C@H](C=O)C(C)C)C1. The Morgan fingerprint density at radius 1 is 1.60 bits per heavy atom. The molecule has 0 saturated carbocycles. The van der Waals surface area contributed by atoms with E-state index in [4.69, 9.17) is 9.57 Å². The lowest BCUT2D eigenvalue weighted by molar-refractivity contribution is -0.133. The molecular formula is C16H25BrN4O4. The Balaban J connectivity index is 2.11. The van der Waals surface area contributed by atoms with Crippen LogP contribution in [0.25, 0.3) is 0 Å². The van der Waals surface area contributed by atoms with Crippen LogP contribution in [0.5, 0.6) is 0 Å². The number of ether oxygens (including phenoxy) is 1. The van der Waals surface area contributed by atoms with Crippen molar-refractivity contribution in [2.75, 3.05) is 27.3 Å². The predicted molar refractivity (Wildman–Crippen MR) is 94.7 cm³/mol. The summed E-state index contributed by atoms with van der Waals surface area (Å²) in [7, 11) is 3.22. The van der Waals surface area contributed by atoms with Gasteiger partial charge in [-0.3, -0.25) is 4.90 Å². The number of aromatic amines is 1. The minimum absolute atomic E-state index is 0.00620. The van der Waals surface area contributed by atoms with Crippen molar-refractivity contribution in [1.29, 1.82) is 0 Å². The molecule has 0 aliphatic carbocycles. The normalized spacial score (nSPS) is 22.2. The third-order valence-electron chi connectivity index (χ3n) is 4.38. The molecule has 1 amide bonds. The molecule has 2 heterocycles. The molecule has 140 valence electrons. The summed E-state index contributed by atoms with van der Waals surface area (Å²) >= 11 is 3.35. The van der Waals surface area contributed by atoms with Crippen molar-refractivity contribution < 1.29 is 19.2 Å². The number of imidazole rings is 1. The maximum atomic E-state index is 12.5. The van der Waals surface area contributed by atoms with E-state index < -0.39 is 12.1 Å². The molecule has 8 nitrogen and oxygen atoms in total. The zero-order valence-electron chi connectivity index (χ0n) is 14.9. The Hall–Kier alpha value is -1.45. The first kappa shape index (κ1) is 19.9. The highest BCUT2D eigenvalue weighted by atomic mass is 79.9. The number of methoxy groups -OCH3 is 1. The van der Waals surface area contributed by atoms with Crippen molar-refractivity contribution in [2.45, 2.75) is 32.4 Å². The number of likely N-dealkylation sites (N-methyl/N-ethyl adjacent to an activating group) is 1. The molecular weight excluding hydrogens is 392 g/mol. The third kappa shape index (κ3) is 4.80. The van der Waals surface area contributed by atoms with Gasteiger partial charge in [0.1, 0.15) is 22.8 Å². The second kappa shape index (κ2) is 8.77. The van der Waals surface area contributed by atoms with Gasteiger partial charge in [0.05, 0.1) is 18.8 Å². The van der Waals surface area contributed by atoms with Crippen molar-refractivity contribution in [1.82, 2.24) is 19.9 Å². The highest BCUT2D eigenvalue weighted by Gasteiger charge is 2.38. The fraction of sp³-hybridized carbons (Fsp3) is 0.688. The van der Waals surface area contributed by atoms with Crippen LogP contribution in [0.3, 0.4) is 0 Å². The Labute approximate surface area is 155 Å². The third-order valence-corrected chi connectivity index (χ3v) is 4.78. The van der Waals surface area contributed by atoms with E-state index in [0.29, 0.717) is 13.2 Å². The molecule has 25 heavy (non-hydrogen) atoms. The lowest BCUT2D eigenvalue weighted by Crippen LogP contribution is -2.44. The van der Waals surface area contributed by atoms with Crippen molar-refractivity contribution in [3.05, 3.63) is 16.6 Å². The smallest absolute Gasteiger partial charge is 0.384 e. The summed E-state index contributed by atoms with van der Waals surface area (Å²) in [5, 5.41) is 1.62. The first-order chi connectivity index (χ1) is 11.9. The highest BCUT2D eigenvalue weighted by molar-refractivity contribution is 9.10. The molecule has 0 bridgehead atoms. The van der Waals surface area contributed by atoms with Crippen molar-refractivity contribution in [3.8, 4) is 0 Å². The first-order valence-electron chi connectivity index (χ1n) is 8.23. The summed E-state index contributed by atoms with van der Waals surface area (Å²) in [6.45, 7) is 4.89. The molecule has 2 rings (SSSR count). The summed E-state index contributed by atoms with van der Waals surface area (Å²) in [5.74, 6) is 0.951.